The van der Waals surface area contributed by atoms with Crippen molar-refractivity contribution in [1.82, 2.24) is 29.4 Å². The molecule has 33 heavy (non-hydrogen) atoms. The Kier molecular flexibility index (Phi) is 4.78. The van der Waals surface area contributed by atoms with Gasteiger partial charge in [-0.25, -0.2) is 9.37 Å². The highest BCUT2D eigenvalue weighted by molar-refractivity contribution is 5.76. The highest BCUT2D eigenvalue weighted by Crippen LogP contribution is 2.31. The van der Waals surface area contributed by atoms with Gasteiger partial charge in [0, 0.05) is 25.6 Å². The molecule has 1 saturated heterocycles. The topological polar surface area (TPSA) is 64.1 Å². The van der Waals surface area contributed by atoms with Gasteiger partial charge in [-0.15, -0.1) is 15.3 Å². The van der Waals surface area contributed by atoms with E-state index >= 15 is 0 Å². The molecule has 0 radical (unpaired) electrons. The minimum Gasteiger partial charge on any atom is -0.355 e. The van der Waals surface area contributed by atoms with Crippen molar-refractivity contribution in [3.63, 3.8) is 0 Å². The van der Waals surface area contributed by atoms with Crippen LogP contribution in [-0.4, -0.2) is 42.5 Å². The molecule has 5 aromatic rings. The first-order valence-corrected chi connectivity index (χ1v) is 11.4. The SMILES string of the molecule is CCc1nc2ccccc2n1C1CCN(c2ccc3nnc(-c4ccccc4F)n3n2)CC1. The van der Waals surface area contributed by atoms with Gasteiger partial charge in [0.2, 0.25) is 0 Å². The van der Waals surface area contributed by atoms with E-state index in [-0.39, 0.29) is 5.82 Å². The Hall–Kier alpha value is -3.81. The van der Waals surface area contributed by atoms with E-state index in [9.17, 15) is 4.39 Å². The molecular weight excluding hydrogens is 417 g/mol. The maximum absolute atomic E-state index is 14.4. The van der Waals surface area contributed by atoms with Crippen molar-refractivity contribution in [1.29, 1.82) is 0 Å². The summed E-state index contributed by atoms with van der Waals surface area (Å²) in [5, 5.41) is 13.1. The second-order valence-corrected chi connectivity index (χ2v) is 8.42. The van der Waals surface area contributed by atoms with Crippen LogP contribution < -0.4 is 4.90 Å². The quantitative estimate of drug-likeness (QED) is 0.405. The van der Waals surface area contributed by atoms with Gasteiger partial charge in [-0.2, -0.15) is 4.52 Å². The molecule has 1 aliphatic heterocycles. The molecule has 0 aliphatic carbocycles. The van der Waals surface area contributed by atoms with Crippen LogP contribution in [0.2, 0.25) is 0 Å². The fraction of sp³-hybridized carbons (Fsp3) is 0.280. The van der Waals surface area contributed by atoms with Gasteiger partial charge in [0.15, 0.2) is 11.5 Å². The van der Waals surface area contributed by atoms with Gasteiger partial charge in [0.1, 0.15) is 17.5 Å². The van der Waals surface area contributed by atoms with Crippen LogP contribution in [0, 0.1) is 5.82 Å². The van der Waals surface area contributed by atoms with Crippen LogP contribution in [0.5, 0.6) is 0 Å². The molecule has 0 amide bonds. The lowest BCUT2D eigenvalue weighted by Crippen LogP contribution is -2.35. The molecule has 166 valence electrons. The van der Waals surface area contributed by atoms with Crippen molar-refractivity contribution in [3.05, 3.63) is 72.3 Å². The number of aryl methyl sites for hydroxylation is 1. The third-order valence-corrected chi connectivity index (χ3v) is 6.50. The largest absolute Gasteiger partial charge is 0.355 e. The Morgan fingerprint density at radius 1 is 0.939 bits per heavy atom. The molecule has 1 aliphatic rings. The van der Waals surface area contributed by atoms with E-state index in [1.807, 2.05) is 18.2 Å². The standard InChI is InChI=1S/C25H24FN7/c1-2-22-27-20-9-5-6-10-21(20)32(22)17-13-15-31(16-14-17)24-12-11-23-28-29-25(33(23)30-24)18-7-3-4-8-19(18)26/h3-12,17H,2,13-16H2,1H3. The minimum absolute atomic E-state index is 0.334. The maximum Gasteiger partial charge on any atom is 0.188 e. The molecule has 0 atom stereocenters. The summed E-state index contributed by atoms with van der Waals surface area (Å²) < 4.78 is 18.4. The summed E-state index contributed by atoms with van der Waals surface area (Å²) in [6, 6.07) is 19.2. The number of aromatic nitrogens is 6. The zero-order chi connectivity index (χ0) is 22.4. The van der Waals surface area contributed by atoms with Crippen LogP contribution in [0.4, 0.5) is 10.2 Å². The van der Waals surface area contributed by atoms with Gasteiger partial charge in [0.25, 0.3) is 0 Å². The number of benzene rings is 2. The van der Waals surface area contributed by atoms with Gasteiger partial charge in [-0.05, 0) is 49.2 Å². The van der Waals surface area contributed by atoms with Crippen LogP contribution in [0.3, 0.4) is 0 Å². The monoisotopic (exact) mass is 441 g/mol. The molecule has 7 nitrogen and oxygen atoms in total. The number of fused-ring (bicyclic) bond motifs is 2. The molecule has 8 heteroatoms. The fourth-order valence-corrected chi connectivity index (χ4v) is 4.86. The molecule has 0 N–H and O–H groups in total. The summed E-state index contributed by atoms with van der Waals surface area (Å²) >= 11 is 0. The van der Waals surface area contributed by atoms with Gasteiger partial charge < -0.3 is 9.47 Å². The van der Waals surface area contributed by atoms with Crippen LogP contribution >= 0.6 is 0 Å². The average Bonchev–Trinajstić information content (AvgIpc) is 3.45. The number of halogens is 1. The number of imidazole rings is 1. The Morgan fingerprint density at radius 3 is 2.55 bits per heavy atom. The van der Waals surface area contributed by atoms with Crippen molar-refractivity contribution in [2.75, 3.05) is 18.0 Å². The Morgan fingerprint density at radius 2 is 1.73 bits per heavy atom. The minimum atomic E-state index is -0.334. The first-order chi connectivity index (χ1) is 16.2. The zero-order valence-electron chi connectivity index (χ0n) is 18.4. The van der Waals surface area contributed by atoms with Crippen LogP contribution in [0.15, 0.2) is 60.7 Å². The average molecular weight is 442 g/mol. The van der Waals surface area contributed by atoms with Crippen molar-refractivity contribution >= 4 is 22.5 Å². The maximum atomic E-state index is 14.4. The first-order valence-electron chi connectivity index (χ1n) is 11.4. The first kappa shape index (κ1) is 19.8. The molecule has 6 rings (SSSR count). The lowest BCUT2D eigenvalue weighted by atomic mass is 10.0. The second kappa shape index (κ2) is 7.95. The number of hydrogen-bond acceptors (Lipinski definition) is 5. The summed E-state index contributed by atoms with van der Waals surface area (Å²) in [7, 11) is 0. The fourth-order valence-electron chi connectivity index (χ4n) is 4.86. The Labute approximate surface area is 190 Å². The second-order valence-electron chi connectivity index (χ2n) is 8.42. The highest BCUT2D eigenvalue weighted by Gasteiger charge is 2.25. The lowest BCUT2D eigenvalue weighted by molar-refractivity contribution is 0.393. The number of anilines is 1. The van der Waals surface area contributed by atoms with E-state index in [1.165, 1.54) is 11.6 Å². The zero-order valence-corrected chi connectivity index (χ0v) is 18.4. The van der Waals surface area contributed by atoms with Crippen LogP contribution in [0.25, 0.3) is 28.1 Å². The van der Waals surface area contributed by atoms with Crippen molar-refractivity contribution < 1.29 is 4.39 Å². The predicted molar refractivity (Wildman–Crippen MR) is 126 cm³/mol. The lowest BCUT2D eigenvalue weighted by Gasteiger charge is -2.34. The molecule has 4 heterocycles. The number of rotatable bonds is 4. The van der Waals surface area contributed by atoms with Gasteiger partial charge in [-0.3, -0.25) is 0 Å². The van der Waals surface area contributed by atoms with E-state index in [4.69, 9.17) is 10.1 Å². The molecular formula is C25H24FN7. The summed E-state index contributed by atoms with van der Waals surface area (Å²) in [4.78, 5) is 7.13. The molecule has 0 bridgehead atoms. The normalized spacial score (nSPS) is 15.0. The van der Waals surface area contributed by atoms with Gasteiger partial charge in [-0.1, -0.05) is 31.2 Å². The van der Waals surface area contributed by atoms with E-state index in [1.54, 1.807) is 22.7 Å². The van der Waals surface area contributed by atoms with E-state index in [0.29, 0.717) is 23.1 Å². The Balaban J connectivity index is 1.28. The van der Waals surface area contributed by atoms with E-state index in [2.05, 4.69) is 44.8 Å². The number of nitrogens with zero attached hydrogens (tertiary/aromatic N) is 7. The van der Waals surface area contributed by atoms with Crippen molar-refractivity contribution in [3.8, 4) is 11.4 Å². The smallest absolute Gasteiger partial charge is 0.188 e. The van der Waals surface area contributed by atoms with E-state index < -0.39 is 0 Å². The number of para-hydroxylation sites is 2. The number of hydrogen-bond donors (Lipinski definition) is 0. The summed E-state index contributed by atoms with van der Waals surface area (Å²) in [6.45, 7) is 3.93. The van der Waals surface area contributed by atoms with Crippen LogP contribution in [0.1, 0.15) is 31.6 Å². The summed E-state index contributed by atoms with van der Waals surface area (Å²) in [5.74, 6) is 2.08. The molecule has 3 aromatic heterocycles. The summed E-state index contributed by atoms with van der Waals surface area (Å²) in [5.41, 5.74) is 3.28. The molecule has 0 unspecified atom stereocenters. The highest BCUT2D eigenvalue weighted by atomic mass is 19.1. The molecule has 0 saturated carbocycles. The van der Waals surface area contributed by atoms with Crippen LogP contribution in [-0.2, 0) is 6.42 Å². The van der Waals surface area contributed by atoms with Crippen molar-refractivity contribution in [2.24, 2.45) is 0 Å². The molecule has 1 fully saturated rings. The third-order valence-electron chi connectivity index (χ3n) is 6.50. The third kappa shape index (κ3) is 3.33. The summed E-state index contributed by atoms with van der Waals surface area (Å²) in [6.07, 6.45) is 2.93. The van der Waals surface area contributed by atoms with Crippen molar-refractivity contribution in [2.45, 2.75) is 32.2 Å². The predicted octanol–water partition coefficient (Wildman–Crippen LogP) is 4.68. The Bertz CT molecular complexity index is 1450. The van der Waals surface area contributed by atoms with E-state index in [0.717, 1.165) is 49.5 Å². The van der Waals surface area contributed by atoms with Gasteiger partial charge >= 0.3 is 0 Å². The van der Waals surface area contributed by atoms with Gasteiger partial charge in [0.05, 0.1) is 16.6 Å². The molecule has 2 aromatic carbocycles. The number of piperidine rings is 1. The molecule has 0 spiro atoms.